The molecule has 1 rings (SSSR count). The summed E-state index contributed by atoms with van der Waals surface area (Å²) in [5.74, 6) is 0.734. The first kappa shape index (κ1) is 15.1. The fraction of sp³-hybridized carbons (Fsp3) is 0.500. The SMILES string of the molecule is COc1cc(CNCC(C)(C)C#N)cc(OC)c1O. The van der Waals surface area contributed by atoms with Gasteiger partial charge in [-0.1, -0.05) is 0 Å². The molecule has 0 fully saturated rings. The van der Waals surface area contributed by atoms with Crippen molar-refractivity contribution in [2.45, 2.75) is 20.4 Å². The highest BCUT2D eigenvalue weighted by Gasteiger charge is 2.16. The molecule has 0 saturated carbocycles. The predicted molar refractivity (Wildman–Crippen MR) is 72.3 cm³/mol. The van der Waals surface area contributed by atoms with Crippen molar-refractivity contribution in [3.63, 3.8) is 0 Å². The lowest BCUT2D eigenvalue weighted by Crippen LogP contribution is -2.27. The molecular weight excluding hydrogens is 244 g/mol. The third kappa shape index (κ3) is 4.04. The number of benzene rings is 1. The Morgan fingerprint density at radius 1 is 1.26 bits per heavy atom. The van der Waals surface area contributed by atoms with Crippen LogP contribution in [-0.2, 0) is 6.54 Å². The molecule has 0 aliphatic rings. The summed E-state index contributed by atoms with van der Waals surface area (Å²) >= 11 is 0. The maximum absolute atomic E-state index is 9.79. The zero-order valence-electron chi connectivity index (χ0n) is 11.8. The second kappa shape index (κ2) is 6.30. The Morgan fingerprint density at radius 3 is 2.21 bits per heavy atom. The van der Waals surface area contributed by atoms with Crippen LogP contribution in [0.25, 0.3) is 0 Å². The highest BCUT2D eigenvalue weighted by atomic mass is 16.5. The van der Waals surface area contributed by atoms with Gasteiger partial charge in [0.1, 0.15) is 0 Å². The van der Waals surface area contributed by atoms with Crippen LogP contribution in [0.1, 0.15) is 19.4 Å². The van der Waals surface area contributed by atoms with Gasteiger partial charge in [0.05, 0.1) is 25.7 Å². The minimum atomic E-state index is -0.412. The van der Waals surface area contributed by atoms with Gasteiger partial charge in [0.25, 0.3) is 0 Å². The fourth-order valence-electron chi connectivity index (χ4n) is 1.61. The molecule has 0 aliphatic heterocycles. The number of phenolic OH excluding ortho intramolecular Hbond substituents is 1. The zero-order chi connectivity index (χ0) is 14.5. The first-order valence-electron chi connectivity index (χ1n) is 5.99. The van der Waals surface area contributed by atoms with Crippen LogP contribution < -0.4 is 14.8 Å². The lowest BCUT2D eigenvalue weighted by Gasteiger charge is -2.16. The molecule has 19 heavy (non-hydrogen) atoms. The van der Waals surface area contributed by atoms with E-state index in [1.165, 1.54) is 14.2 Å². The standard InChI is InChI=1S/C14H20N2O3/c1-14(2,8-15)9-16-7-10-5-11(18-3)13(17)12(6-10)19-4/h5-6,16-17H,7,9H2,1-4H3. The van der Waals surface area contributed by atoms with Crippen molar-refractivity contribution in [2.24, 2.45) is 5.41 Å². The summed E-state index contributed by atoms with van der Waals surface area (Å²) in [5, 5.41) is 21.9. The third-order valence-electron chi connectivity index (χ3n) is 2.74. The van der Waals surface area contributed by atoms with Gasteiger partial charge in [-0.25, -0.2) is 0 Å². The van der Waals surface area contributed by atoms with Crippen molar-refractivity contribution in [3.8, 4) is 23.3 Å². The summed E-state index contributed by atoms with van der Waals surface area (Å²) in [6, 6.07) is 5.71. The molecule has 0 amide bonds. The van der Waals surface area contributed by atoms with Crippen molar-refractivity contribution in [1.82, 2.24) is 5.32 Å². The average molecular weight is 264 g/mol. The number of nitrogens with zero attached hydrogens (tertiary/aromatic N) is 1. The van der Waals surface area contributed by atoms with Crippen LogP contribution in [0.4, 0.5) is 0 Å². The molecule has 0 spiro atoms. The van der Waals surface area contributed by atoms with Crippen molar-refractivity contribution >= 4 is 0 Å². The van der Waals surface area contributed by atoms with E-state index >= 15 is 0 Å². The number of rotatable bonds is 6. The molecule has 0 heterocycles. The zero-order valence-corrected chi connectivity index (χ0v) is 11.8. The summed E-state index contributed by atoms with van der Waals surface area (Å²) in [6.45, 7) is 4.89. The normalized spacial score (nSPS) is 10.9. The van der Waals surface area contributed by atoms with Gasteiger partial charge in [-0.2, -0.15) is 5.26 Å². The van der Waals surface area contributed by atoms with E-state index in [-0.39, 0.29) is 5.75 Å². The predicted octanol–water partition coefficient (Wildman–Crippen LogP) is 2.05. The molecule has 1 aromatic carbocycles. The van der Waals surface area contributed by atoms with E-state index in [0.717, 1.165) is 5.56 Å². The molecule has 0 atom stereocenters. The topological polar surface area (TPSA) is 74.5 Å². The number of ether oxygens (including phenoxy) is 2. The first-order chi connectivity index (χ1) is 8.93. The van der Waals surface area contributed by atoms with Crippen LogP contribution in [0.5, 0.6) is 17.2 Å². The van der Waals surface area contributed by atoms with Crippen LogP contribution in [-0.4, -0.2) is 25.9 Å². The molecule has 2 N–H and O–H groups in total. The van der Waals surface area contributed by atoms with Crippen LogP contribution in [0.3, 0.4) is 0 Å². The summed E-state index contributed by atoms with van der Waals surface area (Å²) in [7, 11) is 2.98. The van der Waals surface area contributed by atoms with Gasteiger partial charge in [-0.3, -0.25) is 0 Å². The number of phenols is 1. The Morgan fingerprint density at radius 2 is 1.79 bits per heavy atom. The van der Waals surface area contributed by atoms with Gasteiger partial charge < -0.3 is 19.9 Å². The summed E-state index contributed by atoms with van der Waals surface area (Å²) in [4.78, 5) is 0. The van der Waals surface area contributed by atoms with Gasteiger partial charge >= 0.3 is 0 Å². The smallest absolute Gasteiger partial charge is 0.200 e. The molecule has 0 saturated heterocycles. The van der Waals surface area contributed by atoms with Crippen LogP contribution >= 0.6 is 0 Å². The van der Waals surface area contributed by atoms with E-state index in [1.54, 1.807) is 12.1 Å². The molecule has 0 radical (unpaired) electrons. The Balaban J connectivity index is 2.77. The van der Waals surface area contributed by atoms with E-state index in [1.807, 2.05) is 13.8 Å². The van der Waals surface area contributed by atoms with E-state index in [0.29, 0.717) is 24.6 Å². The number of aromatic hydroxyl groups is 1. The van der Waals surface area contributed by atoms with Crippen LogP contribution in [0.15, 0.2) is 12.1 Å². The maximum atomic E-state index is 9.79. The van der Waals surface area contributed by atoms with Gasteiger partial charge in [0, 0.05) is 13.1 Å². The van der Waals surface area contributed by atoms with E-state index in [9.17, 15) is 5.11 Å². The van der Waals surface area contributed by atoms with E-state index < -0.39 is 5.41 Å². The Hall–Kier alpha value is -1.93. The molecule has 104 valence electrons. The number of nitriles is 1. The largest absolute Gasteiger partial charge is 0.502 e. The maximum Gasteiger partial charge on any atom is 0.200 e. The van der Waals surface area contributed by atoms with Gasteiger partial charge in [0.2, 0.25) is 5.75 Å². The molecule has 0 aromatic heterocycles. The Bertz CT molecular complexity index is 453. The van der Waals surface area contributed by atoms with Gasteiger partial charge in [-0.15, -0.1) is 0 Å². The number of nitrogens with one attached hydrogen (secondary N) is 1. The van der Waals surface area contributed by atoms with E-state index in [2.05, 4.69) is 11.4 Å². The molecule has 5 nitrogen and oxygen atoms in total. The van der Waals surface area contributed by atoms with Crippen molar-refractivity contribution in [3.05, 3.63) is 17.7 Å². The molecule has 0 unspecified atom stereocenters. The first-order valence-corrected chi connectivity index (χ1v) is 5.99. The highest BCUT2D eigenvalue weighted by Crippen LogP contribution is 2.37. The summed E-state index contributed by atoms with van der Waals surface area (Å²) in [5.41, 5.74) is 0.505. The van der Waals surface area contributed by atoms with Gasteiger partial charge in [0.15, 0.2) is 11.5 Å². The minimum absolute atomic E-state index is 0.00824. The summed E-state index contributed by atoms with van der Waals surface area (Å²) in [6.07, 6.45) is 0. The van der Waals surface area contributed by atoms with Crippen LogP contribution in [0, 0.1) is 16.7 Å². The third-order valence-corrected chi connectivity index (χ3v) is 2.74. The van der Waals surface area contributed by atoms with Crippen LogP contribution in [0.2, 0.25) is 0 Å². The molecule has 5 heteroatoms. The molecule has 0 bridgehead atoms. The Labute approximate surface area is 113 Å². The number of hydrogen-bond acceptors (Lipinski definition) is 5. The highest BCUT2D eigenvalue weighted by molar-refractivity contribution is 5.52. The van der Waals surface area contributed by atoms with Crippen molar-refractivity contribution < 1.29 is 14.6 Å². The molecule has 1 aromatic rings. The number of methoxy groups -OCH3 is 2. The number of hydrogen-bond donors (Lipinski definition) is 2. The molecular formula is C14H20N2O3. The quantitative estimate of drug-likeness (QED) is 0.822. The van der Waals surface area contributed by atoms with Crippen molar-refractivity contribution in [1.29, 1.82) is 5.26 Å². The minimum Gasteiger partial charge on any atom is -0.502 e. The van der Waals surface area contributed by atoms with Gasteiger partial charge in [-0.05, 0) is 31.5 Å². The second-order valence-corrected chi connectivity index (χ2v) is 4.95. The van der Waals surface area contributed by atoms with Crippen molar-refractivity contribution in [2.75, 3.05) is 20.8 Å². The average Bonchev–Trinajstić information content (AvgIpc) is 2.40. The lowest BCUT2D eigenvalue weighted by molar-refractivity contribution is 0.338. The second-order valence-electron chi connectivity index (χ2n) is 4.95. The fourth-order valence-corrected chi connectivity index (χ4v) is 1.61. The monoisotopic (exact) mass is 264 g/mol. The van der Waals surface area contributed by atoms with E-state index in [4.69, 9.17) is 14.7 Å². The Kier molecular flexibility index (Phi) is 5.02. The lowest BCUT2D eigenvalue weighted by atomic mass is 9.96. The molecule has 0 aliphatic carbocycles. The summed E-state index contributed by atoms with van der Waals surface area (Å²) < 4.78 is 10.2.